The fraction of sp³-hybridized carbons (Fsp3) is 0.938. The predicted molar refractivity (Wildman–Crippen MR) is 80.8 cm³/mol. The van der Waals surface area contributed by atoms with E-state index in [0.717, 1.165) is 25.9 Å². The van der Waals surface area contributed by atoms with Gasteiger partial charge < -0.3 is 9.64 Å². The van der Waals surface area contributed by atoms with E-state index in [1.807, 2.05) is 25.7 Å². The van der Waals surface area contributed by atoms with E-state index in [1.165, 1.54) is 19.4 Å². The standard InChI is InChI=1S/C16H30N2O2/c1-6-13(2)17-10-7-8-16(12-17)9-11-18(16)14(19)20-15(3,4)5/h13H,6-12H2,1-5H3. The van der Waals surface area contributed by atoms with Gasteiger partial charge in [-0.2, -0.15) is 0 Å². The Kier molecular flexibility index (Phi) is 4.33. The quantitative estimate of drug-likeness (QED) is 0.779. The Labute approximate surface area is 123 Å². The zero-order valence-electron chi connectivity index (χ0n) is 13.7. The minimum Gasteiger partial charge on any atom is -0.444 e. The highest BCUT2D eigenvalue weighted by atomic mass is 16.6. The van der Waals surface area contributed by atoms with Gasteiger partial charge in [-0.3, -0.25) is 4.90 Å². The second kappa shape index (κ2) is 5.55. The summed E-state index contributed by atoms with van der Waals surface area (Å²) < 4.78 is 5.56. The van der Waals surface area contributed by atoms with Crippen LogP contribution in [0.15, 0.2) is 0 Å². The summed E-state index contributed by atoms with van der Waals surface area (Å²) in [7, 11) is 0. The van der Waals surface area contributed by atoms with Crippen LogP contribution in [-0.4, -0.2) is 52.7 Å². The molecule has 2 heterocycles. The highest BCUT2D eigenvalue weighted by Gasteiger charge is 2.51. The molecular formula is C16H30N2O2. The SMILES string of the molecule is CCC(C)N1CCCC2(CCN2C(=O)OC(C)(C)C)C1. The molecule has 0 aromatic heterocycles. The number of amides is 1. The number of carbonyl (C=O) groups excluding carboxylic acids is 1. The van der Waals surface area contributed by atoms with Gasteiger partial charge in [-0.15, -0.1) is 0 Å². The molecular weight excluding hydrogens is 252 g/mol. The number of likely N-dealkylation sites (tertiary alicyclic amines) is 2. The Bertz CT molecular complexity index is 364. The number of nitrogens with zero attached hydrogens (tertiary/aromatic N) is 2. The number of rotatable bonds is 2. The lowest BCUT2D eigenvalue weighted by atomic mass is 9.77. The lowest BCUT2D eigenvalue weighted by Crippen LogP contribution is -2.69. The summed E-state index contributed by atoms with van der Waals surface area (Å²) in [6.07, 6.45) is 4.47. The van der Waals surface area contributed by atoms with E-state index >= 15 is 0 Å². The smallest absolute Gasteiger partial charge is 0.410 e. The van der Waals surface area contributed by atoms with Gasteiger partial charge in [0.05, 0.1) is 5.54 Å². The maximum Gasteiger partial charge on any atom is 0.410 e. The molecule has 0 aliphatic carbocycles. The molecule has 0 aromatic carbocycles. The minimum absolute atomic E-state index is 0.0456. The molecule has 20 heavy (non-hydrogen) atoms. The van der Waals surface area contributed by atoms with Crippen LogP contribution in [0.2, 0.25) is 0 Å². The van der Waals surface area contributed by atoms with Gasteiger partial charge in [-0.25, -0.2) is 4.79 Å². The maximum atomic E-state index is 12.3. The molecule has 1 amide bonds. The van der Waals surface area contributed by atoms with Gasteiger partial charge in [0, 0.05) is 19.1 Å². The molecule has 0 saturated carbocycles. The Morgan fingerprint density at radius 3 is 2.50 bits per heavy atom. The first-order valence-corrected chi connectivity index (χ1v) is 8.02. The second-order valence-corrected chi connectivity index (χ2v) is 7.44. The van der Waals surface area contributed by atoms with Gasteiger partial charge in [0.25, 0.3) is 0 Å². The number of ether oxygens (including phenoxy) is 1. The van der Waals surface area contributed by atoms with E-state index in [1.54, 1.807) is 0 Å². The summed E-state index contributed by atoms with van der Waals surface area (Å²) in [6.45, 7) is 13.4. The summed E-state index contributed by atoms with van der Waals surface area (Å²) in [6, 6.07) is 0.605. The van der Waals surface area contributed by atoms with E-state index in [0.29, 0.717) is 6.04 Å². The molecule has 0 N–H and O–H groups in total. The van der Waals surface area contributed by atoms with Gasteiger partial charge >= 0.3 is 6.09 Å². The average molecular weight is 282 g/mol. The average Bonchev–Trinajstić information content (AvgIpc) is 2.34. The van der Waals surface area contributed by atoms with Crippen LogP contribution in [0.4, 0.5) is 4.79 Å². The van der Waals surface area contributed by atoms with Crippen LogP contribution >= 0.6 is 0 Å². The van der Waals surface area contributed by atoms with Gasteiger partial charge in [-0.05, 0) is 59.9 Å². The summed E-state index contributed by atoms with van der Waals surface area (Å²) in [4.78, 5) is 16.9. The second-order valence-electron chi connectivity index (χ2n) is 7.44. The molecule has 0 radical (unpaired) electrons. The van der Waals surface area contributed by atoms with E-state index in [9.17, 15) is 4.79 Å². The van der Waals surface area contributed by atoms with Crippen molar-refractivity contribution in [3.05, 3.63) is 0 Å². The highest BCUT2D eigenvalue weighted by molar-refractivity contribution is 5.70. The van der Waals surface area contributed by atoms with E-state index in [-0.39, 0.29) is 11.6 Å². The molecule has 4 nitrogen and oxygen atoms in total. The molecule has 2 aliphatic rings. The van der Waals surface area contributed by atoms with Crippen LogP contribution in [0.1, 0.15) is 60.3 Å². The fourth-order valence-corrected chi connectivity index (χ4v) is 3.35. The van der Waals surface area contributed by atoms with Crippen LogP contribution in [0.3, 0.4) is 0 Å². The van der Waals surface area contributed by atoms with Crippen molar-refractivity contribution in [1.29, 1.82) is 0 Å². The monoisotopic (exact) mass is 282 g/mol. The van der Waals surface area contributed by atoms with Crippen molar-refractivity contribution < 1.29 is 9.53 Å². The first-order valence-electron chi connectivity index (χ1n) is 8.02. The minimum atomic E-state index is -0.404. The Balaban J connectivity index is 2.02. The number of hydrogen-bond donors (Lipinski definition) is 0. The van der Waals surface area contributed by atoms with Crippen molar-refractivity contribution in [1.82, 2.24) is 9.80 Å². The molecule has 2 rings (SSSR count). The Morgan fingerprint density at radius 2 is 2.00 bits per heavy atom. The van der Waals surface area contributed by atoms with Crippen molar-refractivity contribution >= 4 is 6.09 Å². The van der Waals surface area contributed by atoms with Crippen molar-refractivity contribution in [3.8, 4) is 0 Å². The third-order valence-corrected chi connectivity index (χ3v) is 4.79. The summed E-state index contributed by atoms with van der Waals surface area (Å²) in [5, 5.41) is 0. The largest absolute Gasteiger partial charge is 0.444 e. The number of hydrogen-bond acceptors (Lipinski definition) is 3. The molecule has 2 unspecified atom stereocenters. The Hall–Kier alpha value is -0.770. The fourth-order valence-electron chi connectivity index (χ4n) is 3.35. The van der Waals surface area contributed by atoms with Crippen LogP contribution in [0.25, 0.3) is 0 Å². The summed E-state index contributed by atoms with van der Waals surface area (Å²) in [5.74, 6) is 0. The van der Waals surface area contributed by atoms with Gasteiger partial charge in [0.2, 0.25) is 0 Å². The van der Waals surface area contributed by atoms with Crippen LogP contribution in [0.5, 0.6) is 0 Å². The molecule has 4 heteroatoms. The molecule has 116 valence electrons. The number of carbonyl (C=O) groups is 1. The van der Waals surface area contributed by atoms with Gasteiger partial charge in [-0.1, -0.05) is 6.92 Å². The van der Waals surface area contributed by atoms with Crippen molar-refractivity contribution in [2.75, 3.05) is 19.6 Å². The summed E-state index contributed by atoms with van der Waals surface area (Å²) in [5.41, 5.74) is -0.358. The van der Waals surface area contributed by atoms with Crippen LogP contribution < -0.4 is 0 Å². The molecule has 0 bridgehead atoms. The lowest BCUT2D eigenvalue weighted by Gasteiger charge is -2.57. The van der Waals surface area contributed by atoms with Gasteiger partial charge in [0.1, 0.15) is 5.60 Å². The molecule has 0 aromatic rings. The van der Waals surface area contributed by atoms with Crippen molar-refractivity contribution in [2.24, 2.45) is 0 Å². The zero-order chi connectivity index (χ0) is 15.0. The van der Waals surface area contributed by atoms with Crippen LogP contribution in [-0.2, 0) is 4.74 Å². The maximum absolute atomic E-state index is 12.3. The first-order chi connectivity index (χ1) is 9.27. The molecule has 2 aliphatic heterocycles. The van der Waals surface area contributed by atoms with E-state index in [4.69, 9.17) is 4.74 Å². The third kappa shape index (κ3) is 3.11. The predicted octanol–water partition coefficient (Wildman–Crippen LogP) is 3.26. The normalized spacial score (nSPS) is 29.1. The zero-order valence-corrected chi connectivity index (χ0v) is 13.7. The highest BCUT2D eigenvalue weighted by Crippen LogP contribution is 2.40. The Morgan fingerprint density at radius 1 is 1.30 bits per heavy atom. The molecule has 1 spiro atoms. The molecule has 2 fully saturated rings. The third-order valence-electron chi connectivity index (χ3n) is 4.79. The number of piperidine rings is 1. The van der Waals surface area contributed by atoms with Crippen LogP contribution in [0, 0.1) is 0 Å². The molecule has 2 atom stereocenters. The van der Waals surface area contributed by atoms with Crippen molar-refractivity contribution in [2.45, 2.75) is 77.5 Å². The topological polar surface area (TPSA) is 32.8 Å². The van der Waals surface area contributed by atoms with Crippen molar-refractivity contribution in [3.63, 3.8) is 0 Å². The van der Waals surface area contributed by atoms with Gasteiger partial charge in [0.15, 0.2) is 0 Å². The lowest BCUT2D eigenvalue weighted by molar-refractivity contribution is -0.0795. The molecule has 2 saturated heterocycles. The van der Waals surface area contributed by atoms with E-state index in [2.05, 4.69) is 18.7 Å². The first kappa shape index (κ1) is 15.6. The summed E-state index contributed by atoms with van der Waals surface area (Å²) >= 11 is 0. The van der Waals surface area contributed by atoms with E-state index < -0.39 is 5.60 Å².